The minimum Gasteiger partial charge on any atom is -0.392 e. The number of rotatable bonds is 4. The Balaban J connectivity index is 3.06. The number of hydrogen-bond donors (Lipinski definition) is 1. The van der Waals surface area contributed by atoms with Crippen LogP contribution in [0.15, 0.2) is 14.1 Å². The average molecular weight is 343 g/mol. The van der Waals surface area contributed by atoms with Crippen molar-refractivity contribution in [2.45, 2.75) is 11.1 Å². The third kappa shape index (κ3) is 3.01. The third-order valence-electron chi connectivity index (χ3n) is 1.88. The molecule has 0 aliphatic rings. The Hall–Kier alpha value is -0.0200. The lowest BCUT2D eigenvalue weighted by molar-refractivity contribution is 0.508. The van der Waals surface area contributed by atoms with Gasteiger partial charge in [-0.2, -0.15) is 4.31 Å². The second kappa shape index (κ2) is 5.09. The zero-order chi connectivity index (χ0) is 12.5. The van der Waals surface area contributed by atoms with Crippen LogP contribution in [0.1, 0.15) is 5.56 Å². The molecule has 8 heteroatoms. The second-order valence-electron chi connectivity index (χ2n) is 3.25. The highest BCUT2D eigenvalue weighted by atomic mass is 79.9. The normalized spacial score (nSPS) is 12.0. The molecule has 1 aromatic rings. The van der Waals surface area contributed by atoms with Crippen molar-refractivity contribution in [3.63, 3.8) is 0 Å². The van der Waals surface area contributed by atoms with Crippen LogP contribution in [0.2, 0.25) is 0 Å². The lowest BCUT2D eigenvalue weighted by Crippen LogP contribution is -2.34. The fourth-order valence-corrected chi connectivity index (χ4v) is 4.88. The van der Waals surface area contributed by atoms with Crippen LogP contribution in [0.4, 0.5) is 0 Å². The molecule has 0 aromatic carbocycles. The molecule has 0 amide bonds. The van der Waals surface area contributed by atoms with E-state index in [1.807, 2.05) is 6.92 Å². The summed E-state index contributed by atoms with van der Waals surface area (Å²) in [6, 6.07) is 1.63. The van der Waals surface area contributed by atoms with Gasteiger partial charge in [-0.05, 0) is 34.5 Å². The summed E-state index contributed by atoms with van der Waals surface area (Å²) in [7, 11) is -2.03. The molecule has 2 N–H and O–H groups in total. The predicted octanol–water partition coefficient (Wildman–Crippen LogP) is 1.73. The van der Waals surface area contributed by atoms with E-state index < -0.39 is 10.0 Å². The predicted molar refractivity (Wildman–Crippen MR) is 73.4 cm³/mol. The number of thiophene rings is 1. The number of thiocarbonyl (C=S) groups is 1. The molecule has 90 valence electrons. The summed E-state index contributed by atoms with van der Waals surface area (Å²) in [5, 5.41) is 0. The lowest BCUT2D eigenvalue weighted by Gasteiger charge is -2.14. The summed E-state index contributed by atoms with van der Waals surface area (Å²) >= 11 is 9.16. The van der Waals surface area contributed by atoms with Crippen LogP contribution in [0.3, 0.4) is 0 Å². The number of nitrogens with two attached hydrogens (primary N) is 1. The molecule has 0 fully saturated rings. The van der Waals surface area contributed by atoms with Gasteiger partial charge in [0.2, 0.25) is 0 Å². The maximum Gasteiger partial charge on any atom is 0.252 e. The molecule has 0 aliphatic heterocycles. The zero-order valence-electron chi connectivity index (χ0n) is 8.73. The first-order chi connectivity index (χ1) is 7.25. The van der Waals surface area contributed by atoms with E-state index in [0.717, 1.165) is 13.7 Å². The Bertz CT molecular complexity index is 490. The van der Waals surface area contributed by atoms with Crippen molar-refractivity contribution < 1.29 is 8.42 Å². The SMILES string of the molecule is Cc1cc(S(=O)(=O)N(C)CC(N)=S)sc1Br. The highest BCUT2D eigenvalue weighted by Crippen LogP contribution is 2.31. The molecular formula is C8H11BrN2O2S3. The van der Waals surface area contributed by atoms with Gasteiger partial charge >= 0.3 is 0 Å². The molecule has 1 aromatic heterocycles. The van der Waals surface area contributed by atoms with E-state index in [1.54, 1.807) is 6.07 Å². The Labute approximate surface area is 113 Å². The van der Waals surface area contributed by atoms with Gasteiger partial charge < -0.3 is 5.73 Å². The standard InChI is InChI=1S/C8H11BrN2O2S3/c1-5-3-7(15-8(5)9)16(12,13)11(2)4-6(10)14/h3H,4H2,1-2H3,(H2,10,14). The van der Waals surface area contributed by atoms with Crippen molar-refractivity contribution >= 4 is 54.5 Å². The number of aryl methyl sites for hydroxylation is 1. The highest BCUT2D eigenvalue weighted by molar-refractivity contribution is 9.11. The minimum absolute atomic E-state index is 0.0479. The van der Waals surface area contributed by atoms with Crippen molar-refractivity contribution in [1.82, 2.24) is 4.31 Å². The molecule has 0 unspecified atom stereocenters. The first kappa shape index (κ1) is 14.0. The quantitative estimate of drug-likeness (QED) is 0.846. The summed E-state index contributed by atoms with van der Waals surface area (Å²) in [6.45, 7) is 1.89. The van der Waals surface area contributed by atoms with Crippen molar-refractivity contribution in [2.24, 2.45) is 5.73 Å². The van der Waals surface area contributed by atoms with E-state index in [1.165, 1.54) is 18.4 Å². The average Bonchev–Trinajstić information content (AvgIpc) is 2.46. The van der Waals surface area contributed by atoms with Crippen molar-refractivity contribution in [3.05, 3.63) is 15.4 Å². The smallest absolute Gasteiger partial charge is 0.252 e. The van der Waals surface area contributed by atoms with Crippen LogP contribution in [-0.2, 0) is 10.0 Å². The largest absolute Gasteiger partial charge is 0.392 e. The molecule has 0 saturated carbocycles. The van der Waals surface area contributed by atoms with Crippen LogP contribution in [-0.4, -0.2) is 31.3 Å². The summed E-state index contributed by atoms with van der Waals surface area (Å²) < 4.78 is 26.3. The Kier molecular flexibility index (Phi) is 4.47. The fraction of sp³-hybridized carbons (Fsp3) is 0.375. The van der Waals surface area contributed by atoms with Crippen LogP contribution in [0.25, 0.3) is 0 Å². The number of hydrogen-bond acceptors (Lipinski definition) is 4. The molecule has 0 saturated heterocycles. The molecule has 0 bridgehead atoms. The van der Waals surface area contributed by atoms with Gasteiger partial charge in [-0.15, -0.1) is 11.3 Å². The molecule has 0 spiro atoms. The van der Waals surface area contributed by atoms with Gasteiger partial charge in [0.05, 0.1) is 15.3 Å². The molecular weight excluding hydrogens is 332 g/mol. The molecule has 1 rings (SSSR count). The topological polar surface area (TPSA) is 63.4 Å². The van der Waals surface area contributed by atoms with Gasteiger partial charge in [0, 0.05) is 7.05 Å². The van der Waals surface area contributed by atoms with E-state index in [9.17, 15) is 8.42 Å². The van der Waals surface area contributed by atoms with Gasteiger partial charge in [0.15, 0.2) is 0 Å². The maximum absolute atomic E-state index is 12.0. The van der Waals surface area contributed by atoms with Gasteiger partial charge in [-0.1, -0.05) is 12.2 Å². The van der Waals surface area contributed by atoms with Crippen molar-refractivity contribution in [2.75, 3.05) is 13.6 Å². The summed E-state index contributed by atoms with van der Waals surface area (Å²) in [6.07, 6.45) is 0. The molecule has 16 heavy (non-hydrogen) atoms. The fourth-order valence-electron chi connectivity index (χ4n) is 1.02. The number of nitrogens with zero attached hydrogens (tertiary/aromatic N) is 1. The second-order valence-corrected chi connectivity index (χ2v) is 8.42. The molecule has 0 radical (unpaired) electrons. The number of likely N-dealkylation sites (N-methyl/N-ethyl adjacent to an activating group) is 1. The van der Waals surface area contributed by atoms with Gasteiger partial charge in [0.25, 0.3) is 10.0 Å². The highest BCUT2D eigenvalue weighted by Gasteiger charge is 2.23. The van der Waals surface area contributed by atoms with Gasteiger partial charge in [0.1, 0.15) is 4.21 Å². The summed E-state index contributed by atoms with van der Waals surface area (Å²) in [5.41, 5.74) is 6.22. The number of halogens is 1. The van der Waals surface area contributed by atoms with Crippen molar-refractivity contribution in [1.29, 1.82) is 0 Å². The first-order valence-electron chi connectivity index (χ1n) is 4.25. The Morgan fingerprint density at radius 2 is 2.25 bits per heavy atom. The third-order valence-corrected chi connectivity index (χ3v) is 6.40. The molecule has 0 aliphatic carbocycles. The van der Waals surface area contributed by atoms with Crippen molar-refractivity contribution in [3.8, 4) is 0 Å². The van der Waals surface area contributed by atoms with E-state index in [0.29, 0.717) is 0 Å². The summed E-state index contributed by atoms with van der Waals surface area (Å²) in [5.74, 6) is 0. The first-order valence-corrected chi connectivity index (χ1v) is 7.71. The van der Waals surface area contributed by atoms with Crippen LogP contribution in [0, 0.1) is 6.92 Å². The number of sulfonamides is 1. The Morgan fingerprint density at radius 3 is 2.62 bits per heavy atom. The Morgan fingerprint density at radius 1 is 1.69 bits per heavy atom. The van der Waals surface area contributed by atoms with E-state index in [-0.39, 0.29) is 15.7 Å². The van der Waals surface area contributed by atoms with Gasteiger partial charge in [-0.3, -0.25) is 0 Å². The molecule has 0 atom stereocenters. The van der Waals surface area contributed by atoms with E-state index >= 15 is 0 Å². The van der Waals surface area contributed by atoms with Crippen LogP contribution < -0.4 is 5.73 Å². The van der Waals surface area contributed by atoms with E-state index in [4.69, 9.17) is 5.73 Å². The molecule has 4 nitrogen and oxygen atoms in total. The van der Waals surface area contributed by atoms with Gasteiger partial charge in [-0.25, -0.2) is 8.42 Å². The zero-order valence-corrected chi connectivity index (χ0v) is 12.8. The lowest BCUT2D eigenvalue weighted by atomic mass is 10.4. The minimum atomic E-state index is -3.48. The van der Waals surface area contributed by atoms with Crippen LogP contribution in [0.5, 0.6) is 0 Å². The molecule has 1 heterocycles. The van der Waals surface area contributed by atoms with Crippen LogP contribution >= 0.6 is 39.5 Å². The maximum atomic E-state index is 12.0. The monoisotopic (exact) mass is 342 g/mol. The summed E-state index contributed by atoms with van der Waals surface area (Å²) in [4.78, 5) is 0.151. The van der Waals surface area contributed by atoms with E-state index in [2.05, 4.69) is 28.1 Å².